The summed E-state index contributed by atoms with van der Waals surface area (Å²) in [5, 5.41) is 15.6. The highest BCUT2D eigenvalue weighted by molar-refractivity contribution is 5.92. The number of para-hydroxylation sites is 1. The van der Waals surface area contributed by atoms with Crippen molar-refractivity contribution in [1.82, 2.24) is 15.2 Å². The molecular weight excluding hydrogens is 314 g/mol. The third-order valence-electron chi connectivity index (χ3n) is 4.77. The van der Waals surface area contributed by atoms with Crippen molar-refractivity contribution in [3.63, 3.8) is 0 Å². The van der Waals surface area contributed by atoms with Crippen molar-refractivity contribution in [3.05, 3.63) is 48.2 Å². The Morgan fingerprint density at radius 1 is 1.12 bits per heavy atom. The van der Waals surface area contributed by atoms with Gasteiger partial charge in [-0.1, -0.05) is 24.6 Å². The number of fused-ring (bicyclic) bond motifs is 1. The summed E-state index contributed by atoms with van der Waals surface area (Å²) in [5.41, 5.74) is 2.43. The highest BCUT2D eigenvalue weighted by Crippen LogP contribution is 2.27. The Morgan fingerprint density at radius 2 is 1.92 bits per heavy atom. The van der Waals surface area contributed by atoms with Gasteiger partial charge in [-0.3, -0.25) is 4.79 Å². The number of nitrogens with zero attached hydrogens (tertiary/aromatic N) is 2. The van der Waals surface area contributed by atoms with Crippen LogP contribution in [0.3, 0.4) is 0 Å². The van der Waals surface area contributed by atoms with Gasteiger partial charge in [-0.25, -0.2) is 0 Å². The number of nitrogens with one attached hydrogen (secondary N) is 3. The van der Waals surface area contributed by atoms with Crippen molar-refractivity contribution >= 4 is 28.4 Å². The lowest BCUT2D eigenvalue weighted by Crippen LogP contribution is -2.28. The summed E-state index contributed by atoms with van der Waals surface area (Å²) in [6, 6.07) is 11.9. The van der Waals surface area contributed by atoms with Crippen LogP contribution in [0.25, 0.3) is 10.9 Å². The Bertz CT molecular complexity index is 867. The molecule has 6 nitrogen and oxygen atoms in total. The fourth-order valence-corrected chi connectivity index (χ4v) is 3.06. The first-order chi connectivity index (χ1) is 12.3. The molecule has 0 unspecified atom stereocenters. The van der Waals surface area contributed by atoms with Crippen LogP contribution in [0.2, 0.25) is 0 Å². The number of anilines is 2. The Balaban J connectivity index is 1.30. The second-order valence-corrected chi connectivity index (χ2v) is 6.46. The minimum atomic E-state index is 0.0561. The third kappa shape index (κ3) is 3.47. The SMILES string of the molecule is O=C(Nc1ccc(NCCc2c[nH]c3ccccc23)nn1)C1CCC1. The minimum Gasteiger partial charge on any atom is -0.368 e. The molecule has 3 aromatic rings. The highest BCUT2D eigenvalue weighted by Gasteiger charge is 2.25. The van der Waals surface area contributed by atoms with Crippen molar-refractivity contribution < 1.29 is 4.79 Å². The zero-order valence-electron chi connectivity index (χ0n) is 14.0. The number of carbonyl (C=O) groups excluding carboxylic acids is 1. The molecule has 0 saturated heterocycles. The lowest BCUT2D eigenvalue weighted by atomic mass is 9.85. The minimum absolute atomic E-state index is 0.0561. The molecule has 0 spiro atoms. The summed E-state index contributed by atoms with van der Waals surface area (Å²) in [5.74, 6) is 1.43. The predicted molar refractivity (Wildman–Crippen MR) is 98.5 cm³/mol. The second-order valence-electron chi connectivity index (χ2n) is 6.46. The zero-order valence-corrected chi connectivity index (χ0v) is 14.0. The fraction of sp³-hybridized carbons (Fsp3) is 0.316. The average Bonchev–Trinajstić information content (AvgIpc) is 2.98. The molecule has 128 valence electrons. The Labute approximate surface area is 146 Å². The molecule has 6 heteroatoms. The summed E-state index contributed by atoms with van der Waals surface area (Å²) in [4.78, 5) is 15.2. The van der Waals surface area contributed by atoms with Gasteiger partial charge in [-0.05, 0) is 43.0 Å². The van der Waals surface area contributed by atoms with E-state index in [0.29, 0.717) is 11.6 Å². The van der Waals surface area contributed by atoms with E-state index in [-0.39, 0.29) is 11.8 Å². The molecule has 0 aliphatic heterocycles. The molecule has 0 bridgehead atoms. The van der Waals surface area contributed by atoms with Gasteiger partial charge in [0.25, 0.3) is 0 Å². The monoisotopic (exact) mass is 335 g/mol. The molecule has 2 aromatic heterocycles. The number of hydrogen-bond acceptors (Lipinski definition) is 4. The lowest BCUT2D eigenvalue weighted by Gasteiger charge is -2.23. The number of carbonyl (C=O) groups is 1. The topological polar surface area (TPSA) is 82.7 Å². The van der Waals surface area contributed by atoms with E-state index >= 15 is 0 Å². The smallest absolute Gasteiger partial charge is 0.228 e. The van der Waals surface area contributed by atoms with Gasteiger partial charge in [0.15, 0.2) is 5.82 Å². The molecular formula is C19H21N5O. The molecule has 1 aliphatic rings. The number of hydrogen-bond donors (Lipinski definition) is 3. The quantitative estimate of drug-likeness (QED) is 0.645. The first-order valence-corrected chi connectivity index (χ1v) is 8.73. The van der Waals surface area contributed by atoms with Crippen molar-refractivity contribution in [2.45, 2.75) is 25.7 Å². The van der Waals surface area contributed by atoms with Crippen LogP contribution in [0.4, 0.5) is 11.6 Å². The molecule has 1 saturated carbocycles. The first kappa shape index (κ1) is 15.6. The van der Waals surface area contributed by atoms with E-state index in [9.17, 15) is 4.79 Å². The predicted octanol–water partition coefficient (Wildman–Crippen LogP) is 3.35. The molecule has 3 N–H and O–H groups in total. The Kier molecular flexibility index (Phi) is 4.33. The van der Waals surface area contributed by atoms with Crippen LogP contribution in [0.15, 0.2) is 42.6 Å². The maximum Gasteiger partial charge on any atom is 0.228 e. The van der Waals surface area contributed by atoms with Gasteiger partial charge in [0.1, 0.15) is 5.82 Å². The van der Waals surface area contributed by atoms with E-state index in [2.05, 4.69) is 50.2 Å². The van der Waals surface area contributed by atoms with E-state index in [1.54, 1.807) is 6.07 Å². The molecule has 0 radical (unpaired) electrons. The molecule has 0 atom stereocenters. The van der Waals surface area contributed by atoms with Crippen LogP contribution in [-0.2, 0) is 11.2 Å². The van der Waals surface area contributed by atoms with E-state index in [0.717, 1.165) is 37.7 Å². The maximum atomic E-state index is 11.9. The number of rotatable bonds is 6. The highest BCUT2D eigenvalue weighted by atomic mass is 16.2. The van der Waals surface area contributed by atoms with Gasteiger partial charge >= 0.3 is 0 Å². The third-order valence-corrected chi connectivity index (χ3v) is 4.77. The van der Waals surface area contributed by atoms with Gasteiger partial charge in [-0.2, -0.15) is 0 Å². The zero-order chi connectivity index (χ0) is 17.1. The number of aromatic amines is 1. The fourth-order valence-electron chi connectivity index (χ4n) is 3.06. The van der Waals surface area contributed by atoms with E-state index in [1.807, 2.05) is 12.1 Å². The normalized spacial score (nSPS) is 14.2. The van der Waals surface area contributed by atoms with E-state index in [4.69, 9.17) is 0 Å². The van der Waals surface area contributed by atoms with Gasteiger partial charge in [0, 0.05) is 29.6 Å². The van der Waals surface area contributed by atoms with Crippen LogP contribution >= 0.6 is 0 Å². The van der Waals surface area contributed by atoms with Crippen LogP contribution in [-0.4, -0.2) is 27.6 Å². The number of amides is 1. The van der Waals surface area contributed by atoms with Gasteiger partial charge in [0.2, 0.25) is 5.91 Å². The molecule has 25 heavy (non-hydrogen) atoms. The number of benzene rings is 1. The van der Waals surface area contributed by atoms with E-state index < -0.39 is 0 Å². The van der Waals surface area contributed by atoms with Crippen molar-refractivity contribution in [2.75, 3.05) is 17.2 Å². The number of H-pyrrole nitrogens is 1. The van der Waals surface area contributed by atoms with Crippen molar-refractivity contribution in [1.29, 1.82) is 0 Å². The maximum absolute atomic E-state index is 11.9. The Morgan fingerprint density at radius 3 is 2.68 bits per heavy atom. The molecule has 1 amide bonds. The lowest BCUT2D eigenvalue weighted by molar-refractivity contribution is -0.122. The van der Waals surface area contributed by atoms with Gasteiger partial charge < -0.3 is 15.6 Å². The number of aromatic nitrogens is 3. The van der Waals surface area contributed by atoms with Crippen LogP contribution < -0.4 is 10.6 Å². The first-order valence-electron chi connectivity index (χ1n) is 8.73. The van der Waals surface area contributed by atoms with Crippen molar-refractivity contribution in [2.24, 2.45) is 5.92 Å². The average molecular weight is 335 g/mol. The summed E-state index contributed by atoms with van der Waals surface area (Å²) < 4.78 is 0. The van der Waals surface area contributed by atoms with Crippen LogP contribution in [0.5, 0.6) is 0 Å². The summed E-state index contributed by atoms with van der Waals surface area (Å²) in [7, 11) is 0. The van der Waals surface area contributed by atoms with Crippen molar-refractivity contribution in [3.8, 4) is 0 Å². The standard InChI is InChI=1S/C19H21N5O/c25-19(13-4-3-5-13)22-18-9-8-17(23-24-18)20-11-10-14-12-21-16-7-2-1-6-15(14)16/h1-2,6-9,12-13,21H,3-5,10-11H2,(H,20,23)(H,22,24,25). The molecule has 1 aromatic carbocycles. The summed E-state index contributed by atoms with van der Waals surface area (Å²) >= 11 is 0. The molecule has 2 heterocycles. The van der Waals surface area contributed by atoms with Gasteiger partial charge in [-0.15, -0.1) is 10.2 Å². The Hall–Kier alpha value is -2.89. The molecule has 4 rings (SSSR count). The summed E-state index contributed by atoms with van der Waals surface area (Å²) in [6.45, 7) is 0.768. The second kappa shape index (κ2) is 6.93. The van der Waals surface area contributed by atoms with Crippen LogP contribution in [0, 0.1) is 5.92 Å². The van der Waals surface area contributed by atoms with Crippen LogP contribution in [0.1, 0.15) is 24.8 Å². The molecule has 1 aliphatic carbocycles. The van der Waals surface area contributed by atoms with Gasteiger partial charge in [0.05, 0.1) is 0 Å². The molecule has 1 fully saturated rings. The van der Waals surface area contributed by atoms with E-state index in [1.165, 1.54) is 10.9 Å². The summed E-state index contributed by atoms with van der Waals surface area (Å²) in [6.07, 6.45) is 6.05. The largest absolute Gasteiger partial charge is 0.368 e.